The van der Waals surface area contributed by atoms with Gasteiger partial charge in [0.1, 0.15) is 11.2 Å². The highest BCUT2D eigenvalue weighted by Gasteiger charge is 2.35. The molecular formula is C60H40N4O. The Kier molecular flexibility index (Phi) is 8.18. The Morgan fingerprint density at radius 2 is 0.954 bits per heavy atom. The third-order valence-corrected chi connectivity index (χ3v) is 13.5. The average Bonchev–Trinajstić information content (AvgIpc) is 3.99. The number of aromatic nitrogens is 4. The van der Waals surface area contributed by atoms with Gasteiger partial charge in [-0.15, -0.1) is 0 Å². The van der Waals surface area contributed by atoms with Crippen LogP contribution in [0.2, 0.25) is 0 Å². The molecule has 0 unspecified atom stereocenters. The number of nitrogens with zero attached hydrogens (tertiary/aromatic N) is 4. The van der Waals surface area contributed by atoms with Crippen molar-refractivity contribution in [3.05, 3.63) is 217 Å². The lowest BCUT2D eigenvalue weighted by Gasteiger charge is -2.21. The summed E-state index contributed by atoms with van der Waals surface area (Å²) in [6.07, 6.45) is 0. The highest BCUT2D eigenvalue weighted by molar-refractivity contribution is 6.13. The zero-order chi connectivity index (χ0) is 43.2. The van der Waals surface area contributed by atoms with Crippen molar-refractivity contribution in [3.63, 3.8) is 0 Å². The van der Waals surface area contributed by atoms with Crippen LogP contribution < -0.4 is 0 Å². The van der Waals surface area contributed by atoms with Gasteiger partial charge >= 0.3 is 0 Å². The molecule has 12 aromatic rings. The van der Waals surface area contributed by atoms with Crippen LogP contribution in [0.15, 0.2) is 211 Å². The van der Waals surface area contributed by atoms with Crippen LogP contribution >= 0.6 is 0 Å². The Morgan fingerprint density at radius 3 is 1.78 bits per heavy atom. The van der Waals surface area contributed by atoms with Crippen LogP contribution in [0.25, 0.3) is 117 Å². The van der Waals surface area contributed by atoms with E-state index in [-0.39, 0.29) is 5.41 Å². The predicted molar refractivity (Wildman–Crippen MR) is 266 cm³/mol. The Morgan fingerprint density at radius 1 is 0.369 bits per heavy atom. The summed E-state index contributed by atoms with van der Waals surface area (Å²) in [5.41, 5.74) is 17.5. The number of rotatable bonds is 6. The number of fused-ring (bicyclic) bond motifs is 9. The second kappa shape index (κ2) is 14.3. The number of hydrogen-bond acceptors (Lipinski definition) is 4. The largest absolute Gasteiger partial charge is 0.456 e. The van der Waals surface area contributed by atoms with E-state index in [1.54, 1.807) is 0 Å². The summed E-state index contributed by atoms with van der Waals surface area (Å²) in [7, 11) is 0. The van der Waals surface area contributed by atoms with Crippen molar-refractivity contribution in [3.8, 4) is 73.2 Å². The second-order valence-corrected chi connectivity index (χ2v) is 17.6. The molecule has 1 aliphatic carbocycles. The fourth-order valence-corrected chi connectivity index (χ4v) is 10.3. The first-order valence-electron chi connectivity index (χ1n) is 22.2. The molecule has 65 heavy (non-hydrogen) atoms. The molecule has 9 aromatic carbocycles. The molecule has 0 radical (unpaired) electrons. The van der Waals surface area contributed by atoms with Gasteiger partial charge in [0.15, 0.2) is 17.5 Å². The van der Waals surface area contributed by atoms with Crippen LogP contribution in [0.3, 0.4) is 0 Å². The molecule has 3 aromatic heterocycles. The fourth-order valence-electron chi connectivity index (χ4n) is 10.3. The van der Waals surface area contributed by atoms with Gasteiger partial charge in [-0.05, 0) is 105 Å². The molecule has 0 fully saturated rings. The molecule has 0 bridgehead atoms. The summed E-state index contributed by atoms with van der Waals surface area (Å²) in [6.45, 7) is 4.60. The highest BCUT2D eigenvalue weighted by atomic mass is 16.3. The third-order valence-electron chi connectivity index (χ3n) is 13.5. The minimum atomic E-state index is -0.156. The molecule has 5 nitrogen and oxygen atoms in total. The van der Waals surface area contributed by atoms with E-state index in [1.165, 1.54) is 49.6 Å². The molecule has 0 saturated heterocycles. The third kappa shape index (κ3) is 5.89. The lowest BCUT2D eigenvalue weighted by molar-refractivity contribution is 0.660. The number of para-hydroxylation sites is 2. The lowest BCUT2D eigenvalue weighted by atomic mass is 9.82. The van der Waals surface area contributed by atoms with Gasteiger partial charge in [-0.3, -0.25) is 0 Å². The van der Waals surface area contributed by atoms with E-state index < -0.39 is 0 Å². The van der Waals surface area contributed by atoms with E-state index in [0.29, 0.717) is 17.5 Å². The molecule has 0 aliphatic heterocycles. The van der Waals surface area contributed by atoms with Gasteiger partial charge in [0.05, 0.1) is 11.0 Å². The van der Waals surface area contributed by atoms with Crippen LogP contribution in [0.1, 0.15) is 25.0 Å². The molecule has 0 atom stereocenters. The summed E-state index contributed by atoms with van der Waals surface area (Å²) in [5.74, 6) is 1.86. The first kappa shape index (κ1) is 37.2. The van der Waals surface area contributed by atoms with Gasteiger partial charge in [0, 0.05) is 49.3 Å². The summed E-state index contributed by atoms with van der Waals surface area (Å²) in [6, 6.07) is 73.2. The Hall–Kier alpha value is -8.41. The van der Waals surface area contributed by atoms with Gasteiger partial charge in [-0.25, -0.2) is 15.0 Å². The normalized spacial score (nSPS) is 12.9. The monoisotopic (exact) mass is 832 g/mol. The van der Waals surface area contributed by atoms with Crippen molar-refractivity contribution >= 4 is 43.7 Å². The molecule has 0 spiro atoms. The van der Waals surface area contributed by atoms with Crippen LogP contribution in [-0.4, -0.2) is 19.5 Å². The molecule has 0 N–H and O–H groups in total. The lowest BCUT2D eigenvalue weighted by Crippen LogP contribution is -2.15. The van der Waals surface area contributed by atoms with Crippen molar-refractivity contribution in [2.75, 3.05) is 0 Å². The molecule has 0 amide bonds. The van der Waals surface area contributed by atoms with Crippen molar-refractivity contribution in [1.29, 1.82) is 0 Å². The maximum Gasteiger partial charge on any atom is 0.164 e. The Balaban J connectivity index is 0.928. The maximum atomic E-state index is 6.57. The van der Waals surface area contributed by atoms with E-state index in [2.05, 4.69) is 194 Å². The number of hydrogen-bond donors (Lipinski definition) is 0. The molecule has 3 heterocycles. The molecule has 0 saturated carbocycles. The average molecular weight is 833 g/mol. The highest BCUT2D eigenvalue weighted by Crippen LogP contribution is 2.49. The summed E-state index contributed by atoms with van der Waals surface area (Å²) in [5, 5.41) is 4.45. The number of benzene rings is 9. The van der Waals surface area contributed by atoms with Gasteiger partial charge in [-0.1, -0.05) is 159 Å². The van der Waals surface area contributed by atoms with Crippen molar-refractivity contribution in [1.82, 2.24) is 19.5 Å². The first-order chi connectivity index (χ1) is 32.0. The second-order valence-electron chi connectivity index (χ2n) is 17.6. The maximum absolute atomic E-state index is 6.57. The van der Waals surface area contributed by atoms with Crippen molar-refractivity contribution < 1.29 is 4.42 Å². The van der Waals surface area contributed by atoms with E-state index in [1.807, 2.05) is 30.3 Å². The molecule has 13 rings (SSSR count). The minimum Gasteiger partial charge on any atom is -0.456 e. The molecule has 5 heteroatoms. The Labute approximate surface area is 376 Å². The van der Waals surface area contributed by atoms with Gasteiger partial charge in [-0.2, -0.15) is 0 Å². The SMILES string of the molecule is CC1(C)c2ccccc2-c2ccc(-c3nc(-c4ccccc4)nc(-c4cccc5oc6ccc(-c7cccc(-c8ccc9c(c8)c8ccccc8n9-c8ccccc8)c7)cc6c45)n3)cc21. The smallest absolute Gasteiger partial charge is 0.164 e. The van der Waals surface area contributed by atoms with E-state index >= 15 is 0 Å². The van der Waals surface area contributed by atoms with E-state index in [4.69, 9.17) is 19.4 Å². The van der Waals surface area contributed by atoms with Crippen LogP contribution in [0, 0.1) is 0 Å². The minimum absolute atomic E-state index is 0.156. The van der Waals surface area contributed by atoms with Gasteiger partial charge in [0.2, 0.25) is 0 Å². The Bertz CT molecular complexity index is 3860. The van der Waals surface area contributed by atoms with Crippen LogP contribution in [0.5, 0.6) is 0 Å². The molecular weight excluding hydrogens is 793 g/mol. The zero-order valence-corrected chi connectivity index (χ0v) is 35.8. The summed E-state index contributed by atoms with van der Waals surface area (Å²) >= 11 is 0. The first-order valence-corrected chi connectivity index (χ1v) is 22.2. The van der Waals surface area contributed by atoms with Gasteiger partial charge in [0.25, 0.3) is 0 Å². The van der Waals surface area contributed by atoms with Crippen molar-refractivity contribution in [2.24, 2.45) is 0 Å². The van der Waals surface area contributed by atoms with Gasteiger partial charge < -0.3 is 8.98 Å². The standard InChI is InChI=1S/C60H40N4O/c1-60(2)50-24-11-9-21-44(50)45-30-27-42(36-51(45)60)58-61-57(37-15-5-3-6-16-37)62-59(63-58)47-23-14-26-55-56(47)49-35-41(29-32-54(49)65-55)39-18-13-17-38(33-39)40-28-31-53-48(34-40)46-22-10-12-25-52(46)64(53)43-19-7-4-8-20-43/h3-36H,1-2H3. The van der Waals surface area contributed by atoms with E-state index in [9.17, 15) is 0 Å². The number of furan rings is 1. The van der Waals surface area contributed by atoms with Crippen LogP contribution in [0.4, 0.5) is 0 Å². The predicted octanol–water partition coefficient (Wildman–Crippen LogP) is 15.5. The topological polar surface area (TPSA) is 56.7 Å². The van der Waals surface area contributed by atoms with Crippen molar-refractivity contribution in [2.45, 2.75) is 19.3 Å². The molecule has 306 valence electrons. The quantitative estimate of drug-likeness (QED) is 0.167. The summed E-state index contributed by atoms with van der Waals surface area (Å²) < 4.78 is 8.93. The molecule has 1 aliphatic rings. The zero-order valence-electron chi connectivity index (χ0n) is 35.8. The summed E-state index contributed by atoms with van der Waals surface area (Å²) in [4.78, 5) is 15.6. The van der Waals surface area contributed by atoms with Crippen LogP contribution in [-0.2, 0) is 5.41 Å². The van der Waals surface area contributed by atoms with E-state index in [0.717, 1.165) is 61.0 Å². The fraction of sp³-hybridized carbons (Fsp3) is 0.0500.